The zero-order chi connectivity index (χ0) is 22.9. The molecule has 4 rings (SSSR count). The number of rotatable bonds is 7. The van der Waals surface area contributed by atoms with Gasteiger partial charge in [0, 0.05) is 52.2 Å². The molecule has 0 aliphatic heterocycles. The van der Waals surface area contributed by atoms with Crippen molar-refractivity contribution in [1.82, 2.24) is 9.71 Å². The molecular weight excluding hydrogens is 438 g/mol. The first-order valence-corrected chi connectivity index (χ1v) is 11.7. The predicted octanol–water partition coefficient (Wildman–Crippen LogP) is 6.81. The van der Waals surface area contributed by atoms with E-state index < -0.39 is 0 Å². The molecule has 0 spiro atoms. The highest BCUT2D eigenvalue weighted by Gasteiger charge is 2.20. The van der Waals surface area contributed by atoms with Gasteiger partial charge >= 0.3 is 0 Å². The van der Waals surface area contributed by atoms with Gasteiger partial charge in [-0.1, -0.05) is 54.1 Å². The average Bonchev–Trinajstić information content (AvgIpc) is 3.23. The lowest BCUT2D eigenvalue weighted by Crippen LogP contribution is -2.17. The minimum absolute atomic E-state index is 0.139. The van der Waals surface area contributed by atoms with Crippen molar-refractivity contribution in [3.63, 3.8) is 0 Å². The van der Waals surface area contributed by atoms with Gasteiger partial charge in [-0.15, -0.1) is 0 Å². The molecule has 0 fully saturated rings. The Kier molecular flexibility index (Phi) is 8.80. The summed E-state index contributed by atoms with van der Waals surface area (Å²) in [5, 5.41) is 5.24. The number of hydrogen-bond acceptors (Lipinski definition) is 4. The van der Waals surface area contributed by atoms with Crippen molar-refractivity contribution in [2.24, 2.45) is 0 Å². The van der Waals surface area contributed by atoms with Crippen molar-refractivity contribution in [2.45, 2.75) is 24.7 Å². The Hall–Kier alpha value is -2.73. The number of carbonyl (C=O) groups is 1. The molecule has 0 aliphatic rings. The van der Waals surface area contributed by atoms with E-state index in [1.54, 1.807) is 11.9 Å². The molecule has 166 valence electrons. The molecule has 0 saturated heterocycles. The lowest BCUT2D eigenvalue weighted by atomic mass is 9.91. The summed E-state index contributed by atoms with van der Waals surface area (Å²) in [6.07, 6.45) is 2.86. The molecule has 32 heavy (non-hydrogen) atoms. The van der Waals surface area contributed by atoms with Crippen molar-refractivity contribution in [1.29, 1.82) is 0 Å². The Bertz CT molecular complexity index is 1170. The summed E-state index contributed by atoms with van der Waals surface area (Å²) in [6, 6.07) is 22.9. The molecule has 0 saturated carbocycles. The van der Waals surface area contributed by atoms with Crippen LogP contribution >= 0.6 is 23.5 Å². The first-order valence-electron chi connectivity index (χ1n) is 10.5. The second-order valence-electron chi connectivity index (χ2n) is 7.28. The minimum atomic E-state index is 0.139. The number of anilines is 1. The third kappa shape index (κ3) is 5.74. The number of hydrogen-bond donors (Lipinski definition) is 3. The number of aldehydes is 1. The summed E-state index contributed by atoms with van der Waals surface area (Å²) in [5.41, 5.74) is 5.89. The average molecular weight is 466 g/mol. The molecular formula is C26H28ClN3OS. The van der Waals surface area contributed by atoms with Gasteiger partial charge in [0.1, 0.15) is 6.29 Å². The van der Waals surface area contributed by atoms with Crippen LogP contribution in [0.3, 0.4) is 0 Å². The van der Waals surface area contributed by atoms with Crippen molar-refractivity contribution < 1.29 is 4.79 Å². The van der Waals surface area contributed by atoms with Crippen molar-refractivity contribution >= 4 is 46.4 Å². The number of fused-ring (bicyclic) bond motifs is 1. The maximum absolute atomic E-state index is 8.81. The first-order chi connectivity index (χ1) is 15.6. The van der Waals surface area contributed by atoms with Crippen LogP contribution < -0.4 is 10.0 Å². The first kappa shape index (κ1) is 23.9. The number of aromatic nitrogens is 1. The number of halogens is 1. The number of aryl methyl sites for hydroxylation is 1. The molecule has 0 aliphatic carbocycles. The fourth-order valence-corrected chi connectivity index (χ4v) is 4.68. The third-order valence-electron chi connectivity index (χ3n) is 5.22. The number of benzene rings is 3. The molecule has 3 aromatic carbocycles. The van der Waals surface area contributed by atoms with Gasteiger partial charge in [0.05, 0.1) is 0 Å². The van der Waals surface area contributed by atoms with Crippen LogP contribution in [-0.4, -0.2) is 24.9 Å². The van der Waals surface area contributed by atoms with Crippen LogP contribution in [0, 0.1) is 6.92 Å². The maximum Gasteiger partial charge on any atom is 0.116 e. The second kappa shape index (κ2) is 11.8. The van der Waals surface area contributed by atoms with Gasteiger partial charge in [-0.05, 0) is 66.8 Å². The number of carbonyl (C=O) groups excluding carboxylic acids is 1. The Morgan fingerprint density at radius 3 is 2.53 bits per heavy atom. The maximum atomic E-state index is 8.81. The van der Waals surface area contributed by atoms with Gasteiger partial charge in [-0.25, -0.2) is 0 Å². The molecule has 3 N–H and O–H groups in total. The van der Waals surface area contributed by atoms with E-state index in [0.717, 1.165) is 34.6 Å². The molecule has 1 unspecified atom stereocenters. The molecule has 0 radical (unpaired) electrons. The largest absolute Gasteiger partial charge is 0.388 e. The van der Waals surface area contributed by atoms with E-state index in [0.29, 0.717) is 0 Å². The predicted molar refractivity (Wildman–Crippen MR) is 138 cm³/mol. The van der Waals surface area contributed by atoms with Crippen molar-refractivity contribution in [3.05, 3.63) is 94.6 Å². The topological polar surface area (TPSA) is 56.9 Å². The van der Waals surface area contributed by atoms with Crippen LogP contribution in [-0.2, 0) is 4.79 Å². The Balaban J connectivity index is 0.000000913. The van der Waals surface area contributed by atoms with Gasteiger partial charge < -0.3 is 15.1 Å². The monoisotopic (exact) mass is 465 g/mol. The second-order valence-corrected chi connectivity index (χ2v) is 8.62. The molecule has 1 atom stereocenters. The van der Waals surface area contributed by atoms with E-state index in [9.17, 15) is 0 Å². The molecule has 4 nitrogen and oxygen atoms in total. The summed E-state index contributed by atoms with van der Waals surface area (Å²) < 4.78 is 3.59. The van der Waals surface area contributed by atoms with Crippen LogP contribution in [0.5, 0.6) is 0 Å². The third-order valence-corrected chi connectivity index (χ3v) is 6.54. The van der Waals surface area contributed by atoms with Crippen LogP contribution in [0.25, 0.3) is 10.9 Å². The van der Waals surface area contributed by atoms with E-state index >= 15 is 0 Å². The Morgan fingerprint density at radius 1 is 1.06 bits per heavy atom. The highest BCUT2D eigenvalue weighted by atomic mass is 35.5. The highest BCUT2D eigenvalue weighted by molar-refractivity contribution is 7.97. The van der Waals surface area contributed by atoms with Crippen LogP contribution in [0.4, 0.5) is 5.69 Å². The van der Waals surface area contributed by atoms with Crippen LogP contribution in [0.2, 0.25) is 5.02 Å². The van der Waals surface area contributed by atoms with Crippen molar-refractivity contribution in [3.8, 4) is 0 Å². The van der Waals surface area contributed by atoms with E-state index in [-0.39, 0.29) is 5.92 Å². The molecule has 4 aromatic rings. The molecule has 6 heteroatoms. The summed E-state index contributed by atoms with van der Waals surface area (Å²) in [5.74, 6) is 0.139. The zero-order valence-corrected chi connectivity index (χ0v) is 20.1. The van der Waals surface area contributed by atoms with Gasteiger partial charge in [0.2, 0.25) is 0 Å². The summed E-state index contributed by atoms with van der Waals surface area (Å²) in [6.45, 7) is 4.34. The normalized spacial score (nSPS) is 11.5. The van der Waals surface area contributed by atoms with E-state index in [2.05, 4.69) is 82.7 Å². The van der Waals surface area contributed by atoms with Crippen LogP contribution in [0.1, 0.15) is 29.5 Å². The van der Waals surface area contributed by atoms with E-state index in [1.807, 2.05) is 19.2 Å². The van der Waals surface area contributed by atoms with Gasteiger partial charge in [0.25, 0.3) is 0 Å². The molecule has 0 bridgehead atoms. The zero-order valence-electron chi connectivity index (χ0n) is 18.5. The smallest absolute Gasteiger partial charge is 0.116 e. The van der Waals surface area contributed by atoms with Crippen molar-refractivity contribution in [2.75, 3.05) is 18.9 Å². The lowest BCUT2D eigenvalue weighted by Gasteiger charge is -2.19. The number of nitrogens with one attached hydrogen (secondary N) is 3. The minimum Gasteiger partial charge on any atom is -0.388 e. The summed E-state index contributed by atoms with van der Waals surface area (Å²) in [7, 11) is 1.94. The Morgan fingerprint density at radius 2 is 1.78 bits per heavy atom. The highest BCUT2D eigenvalue weighted by Crippen LogP contribution is 2.35. The Labute approximate surface area is 198 Å². The van der Waals surface area contributed by atoms with E-state index in [1.165, 1.54) is 28.3 Å². The van der Waals surface area contributed by atoms with E-state index in [4.69, 9.17) is 16.4 Å². The number of aromatic amines is 1. The number of para-hydroxylation sites is 1. The molecule has 1 aromatic heterocycles. The van der Waals surface area contributed by atoms with Gasteiger partial charge in [0.15, 0.2) is 0 Å². The standard InChI is InChI=1S/C24H24ClN3S.C2H4O/c1-16-11-12-17(26-2)13-24(16)29-28-15-21(18-7-3-5-9-22(18)25)20-14-27-23-10-6-4-8-19(20)23;1-2-3/h3-14,21,26-28H,15H2,1-2H3;2H,1H3. The SMILES string of the molecule is CC=O.CNc1ccc(C)c(SNCC(c2ccccc2Cl)c2c[nH]c3ccccc23)c1. The number of H-pyrrole nitrogens is 1. The van der Waals surface area contributed by atoms with Crippen LogP contribution in [0.15, 0.2) is 77.8 Å². The fourth-order valence-electron chi connectivity index (χ4n) is 3.60. The van der Waals surface area contributed by atoms with Gasteiger partial charge in [-0.2, -0.15) is 0 Å². The lowest BCUT2D eigenvalue weighted by molar-refractivity contribution is -0.106. The summed E-state index contributed by atoms with van der Waals surface area (Å²) >= 11 is 8.26. The molecule has 1 heterocycles. The fraction of sp³-hybridized carbons (Fsp3) is 0.192. The van der Waals surface area contributed by atoms with Gasteiger partial charge in [-0.3, -0.25) is 4.72 Å². The summed E-state index contributed by atoms with van der Waals surface area (Å²) in [4.78, 5) is 13.4. The molecule has 0 amide bonds. The quantitative estimate of drug-likeness (QED) is 0.207.